The second-order valence-electron chi connectivity index (χ2n) is 12.3. The number of rotatable bonds is 0. The number of hydrogen-bond acceptors (Lipinski definition) is 8. The van der Waals surface area contributed by atoms with E-state index in [1.54, 1.807) is 13.8 Å². The van der Waals surface area contributed by atoms with Gasteiger partial charge in [-0.1, -0.05) is 57.1 Å². The van der Waals surface area contributed by atoms with Gasteiger partial charge in [-0.2, -0.15) is 0 Å². The molecule has 2 aliphatic heterocycles. The molecule has 9 atom stereocenters. The summed E-state index contributed by atoms with van der Waals surface area (Å²) in [7, 11) is 0. The third-order valence-electron chi connectivity index (χ3n) is 8.21. The van der Waals surface area contributed by atoms with Crippen LogP contribution in [0.2, 0.25) is 0 Å². The maximum absolute atomic E-state index is 12.6. The van der Waals surface area contributed by atoms with Crippen LogP contribution in [0.1, 0.15) is 92.4 Å². The van der Waals surface area contributed by atoms with Crippen molar-refractivity contribution >= 4 is 11.8 Å². The van der Waals surface area contributed by atoms with Crippen molar-refractivity contribution in [1.29, 1.82) is 0 Å². The predicted octanol–water partition coefficient (Wildman–Crippen LogP) is 4.19. The molecule has 0 aromatic heterocycles. The lowest BCUT2D eigenvalue weighted by Crippen LogP contribution is -2.41. The summed E-state index contributed by atoms with van der Waals surface area (Å²) < 4.78 is 11.1. The molecule has 0 saturated carbocycles. The fourth-order valence-corrected chi connectivity index (χ4v) is 5.44. The first-order chi connectivity index (χ1) is 18.8. The normalized spacial score (nSPS) is 40.0. The number of carbonyl (C=O) groups is 2. The third kappa shape index (κ3) is 12.0. The van der Waals surface area contributed by atoms with Crippen LogP contribution in [0.25, 0.3) is 0 Å². The maximum atomic E-state index is 12.6. The van der Waals surface area contributed by atoms with E-state index in [0.717, 1.165) is 49.7 Å². The van der Waals surface area contributed by atoms with E-state index in [1.807, 2.05) is 19.9 Å². The highest BCUT2D eigenvalue weighted by Gasteiger charge is 2.38. The lowest BCUT2D eigenvalue weighted by molar-refractivity contribution is -0.143. The van der Waals surface area contributed by atoms with Gasteiger partial charge in [-0.05, 0) is 76.5 Å². The summed E-state index contributed by atoms with van der Waals surface area (Å²) >= 11 is 0. The van der Waals surface area contributed by atoms with Gasteiger partial charge in [0.2, 0.25) is 0 Å². The summed E-state index contributed by atoms with van der Waals surface area (Å²) in [6.45, 7) is 13.4. The SMILES string of the molecule is C=C1/C=C(\C)[C@@H](C)C[C@H](O)CC(=O)[C@H](O)[C@@H](O)[C@H](C)C[C@@H](O)COC(=O)/C(C)=C\CCCC[C@H]2O[C@H]2C[C@H](C)C1. The molecule has 1 saturated heterocycles. The number of cyclic esters (lactones) is 1. The molecule has 2 heterocycles. The van der Waals surface area contributed by atoms with Crippen LogP contribution in [-0.4, -0.2) is 75.4 Å². The first-order valence-electron chi connectivity index (χ1n) is 14.9. The average Bonchev–Trinajstić information content (AvgIpc) is 3.61. The molecular weight excluding hydrogens is 512 g/mol. The van der Waals surface area contributed by atoms with E-state index in [9.17, 15) is 30.0 Å². The summed E-state index contributed by atoms with van der Waals surface area (Å²) in [6, 6.07) is 0. The molecule has 0 aliphatic carbocycles. The van der Waals surface area contributed by atoms with Gasteiger partial charge in [-0.25, -0.2) is 4.79 Å². The molecule has 0 radical (unpaired) electrons. The first-order valence-corrected chi connectivity index (χ1v) is 14.9. The van der Waals surface area contributed by atoms with Gasteiger partial charge in [0.25, 0.3) is 0 Å². The van der Waals surface area contributed by atoms with Gasteiger partial charge in [-0.3, -0.25) is 4.79 Å². The Labute approximate surface area is 240 Å². The summed E-state index contributed by atoms with van der Waals surface area (Å²) in [6.07, 6.45) is 5.00. The molecule has 0 unspecified atom stereocenters. The monoisotopic (exact) mass is 564 g/mol. The maximum Gasteiger partial charge on any atom is 0.333 e. The third-order valence-corrected chi connectivity index (χ3v) is 8.21. The van der Waals surface area contributed by atoms with Crippen molar-refractivity contribution in [2.24, 2.45) is 17.8 Å². The van der Waals surface area contributed by atoms with E-state index >= 15 is 0 Å². The van der Waals surface area contributed by atoms with E-state index in [1.165, 1.54) is 0 Å². The largest absolute Gasteiger partial charge is 0.460 e. The Bertz CT molecular complexity index is 909. The number of epoxide rings is 1. The minimum Gasteiger partial charge on any atom is -0.460 e. The minimum absolute atomic E-state index is 0.00520. The fourth-order valence-electron chi connectivity index (χ4n) is 5.44. The molecule has 2 aliphatic rings. The zero-order chi connectivity index (χ0) is 30.0. The Hall–Kier alpha value is -1.84. The van der Waals surface area contributed by atoms with Gasteiger partial charge in [0.05, 0.1) is 30.5 Å². The number of ether oxygens (including phenoxy) is 2. The molecule has 0 aromatic rings. The summed E-state index contributed by atoms with van der Waals surface area (Å²) in [5, 5.41) is 41.8. The van der Waals surface area contributed by atoms with Crippen molar-refractivity contribution < 1.29 is 39.5 Å². The number of hydrogen-bond donors (Lipinski definition) is 4. The first kappa shape index (κ1) is 34.4. The van der Waals surface area contributed by atoms with Gasteiger partial charge in [-0.15, -0.1) is 0 Å². The van der Waals surface area contributed by atoms with Crippen LogP contribution in [0.3, 0.4) is 0 Å². The topological polar surface area (TPSA) is 137 Å². The number of aliphatic hydroxyl groups excluding tert-OH is 4. The highest BCUT2D eigenvalue weighted by molar-refractivity contribution is 5.87. The van der Waals surface area contributed by atoms with E-state index in [0.29, 0.717) is 24.0 Å². The molecule has 0 amide bonds. The molecule has 8 nitrogen and oxygen atoms in total. The van der Waals surface area contributed by atoms with Crippen LogP contribution in [-0.2, 0) is 19.1 Å². The second kappa shape index (κ2) is 16.6. The van der Waals surface area contributed by atoms with Crippen LogP contribution in [0.15, 0.2) is 35.5 Å². The van der Waals surface area contributed by atoms with Crippen molar-refractivity contribution in [3.8, 4) is 0 Å². The zero-order valence-corrected chi connectivity index (χ0v) is 25.1. The lowest BCUT2D eigenvalue weighted by atomic mass is 9.88. The van der Waals surface area contributed by atoms with Crippen molar-refractivity contribution in [2.45, 2.75) is 129 Å². The van der Waals surface area contributed by atoms with Gasteiger partial charge < -0.3 is 29.9 Å². The number of allylic oxidation sites excluding steroid dienone is 4. The Morgan fingerprint density at radius 1 is 0.900 bits per heavy atom. The van der Waals surface area contributed by atoms with E-state index < -0.39 is 42.1 Å². The number of Topliss-reactive ketones (excluding diaryl/α,β-unsaturated/α-hetero) is 1. The smallest absolute Gasteiger partial charge is 0.333 e. The Morgan fingerprint density at radius 3 is 2.30 bits per heavy atom. The summed E-state index contributed by atoms with van der Waals surface area (Å²) in [5.74, 6) is -1.37. The van der Waals surface area contributed by atoms with Crippen molar-refractivity contribution in [3.63, 3.8) is 0 Å². The van der Waals surface area contributed by atoms with Crippen LogP contribution < -0.4 is 0 Å². The van der Waals surface area contributed by atoms with Crippen molar-refractivity contribution in [2.75, 3.05) is 6.61 Å². The molecule has 228 valence electrons. The van der Waals surface area contributed by atoms with E-state index in [2.05, 4.69) is 19.6 Å². The summed E-state index contributed by atoms with van der Waals surface area (Å²) in [4.78, 5) is 24.9. The van der Waals surface area contributed by atoms with Gasteiger partial charge >= 0.3 is 5.97 Å². The standard InChI is InChI=1S/C32H52O8/c1-19-12-20(2)14-29-28(40-29)11-9-7-8-10-21(3)32(38)39-18-26(34)16-24(6)30(36)31(37)27(35)17-25(33)15-23(5)22(4)13-19/h10,13,20,23-26,28-31,33-34,36-37H,1,7-9,11-12,14-18H2,2-6H3/b21-10-,22-13+/t20-,23+,24-,25+,26-,28-,29+,30+,31+/m1/s1. The number of esters is 1. The molecule has 8 heteroatoms. The molecule has 2 rings (SSSR count). The number of ketones is 1. The van der Waals surface area contributed by atoms with Crippen molar-refractivity contribution in [3.05, 3.63) is 35.5 Å². The number of fused-ring (bicyclic) bond motifs is 1. The predicted molar refractivity (Wildman–Crippen MR) is 154 cm³/mol. The van der Waals surface area contributed by atoms with Crippen LogP contribution in [0, 0.1) is 17.8 Å². The van der Waals surface area contributed by atoms with E-state index in [-0.39, 0.29) is 31.5 Å². The van der Waals surface area contributed by atoms with Crippen LogP contribution in [0.4, 0.5) is 0 Å². The molecule has 0 spiro atoms. The fraction of sp³-hybridized carbons (Fsp3) is 0.750. The molecule has 1 fully saturated rings. The molecule has 0 bridgehead atoms. The Balaban J connectivity index is 2.04. The van der Waals surface area contributed by atoms with Gasteiger partial charge in [0, 0.05) is 12.0 Å². The zero-order valence-electron chi connectivity index (χ0n) is 25.1. The van der Waals surface area contributed by atoms with Crippen molar-refractivity contribution in [1.82, 2.24) is 0 Å². The lowest BCUT2D eigenvalue weighted by Gasteiger charge is -2.26. The van der Waals surface area contributed by atoms with Gasteiger partial charge in [0.15, 0.2) is 5.78 Å². The molecular formula is C32H52O8. The molecule has 0 aromatic carbocycles. The van der Waals surface area contributed by atoms with Gasteiger partial charge in [0.1, 0.15) is 12.7 Å². The van der Waals surface area contributed by atoms with E-state index in [4.69, 9.17) is 9.47 Å². The highest BCUT2D eigenvalue weighted by atomic mass is 16.6. The Morgan fingerprint density at radius 2 is 1.60 bits per heavy atom. The Kier molecular flexibility index (Phi) is 14.2. The summed E-state index contributed by atoms with van der Waals surface area (Å²) in [5.41, 5.74) is 2.56. The second-order valence-corrected chi connectivity index (χ2v) is 12.3. The minimum atomic E-state index is -1.68. The van der Waals surface area contributed by atoms with Crippen LogP contribution in [0.5, 0.6) is 0 Å². The average molecular weight is 565 g/mol. The van der Waals surface area contributed by atoms with Crippen LogP contribution >= 0.6 is 0 Å². The highest BCUT2D eigenvalue weighted by Crippen LogP contribution is 2.34. The molecule has 4 N–H and O–H groups in total. The number of carbonyl (C=O) groups excluding carboxylic acids is 2. The number of aliphatic hydroxyl groups is 4. The quantitative estimate of drug-likeness (QED) is 0.254. The molecule has 40 heavy (non-hydrogen) atoms.